The normalized spacial score (nSPS) is 15.8. The molecule has 8 nitrogen and oxygen atoms in total. The molecule has 1 aliphatic rings. The number of hydrogen-bond acceptors (Lipinski definition) is 7. The number of aliphatic hydroxyl groups excluding tert-OH is 1. The van der Waals surface area contributed by atoms with Crippen molar-refractivity contribution in [2.45, 2.75) is 38.8 Å². The van der Waals surface area contributed by atoms with E-state index < -0.39 is 12.2 Å². The molecule has 32 heavy (non-hydrogen) atoms. The lowest BCUT2D eigenvalue weighted by atomic mass is 10.1. The molecule has 1 atom stereocenters. The number of likely N-dealkylation sites (tertiary alicyclic amines) is 1. The van der Waals surface area contributed by atoms with Gasteiger partial charge in [-0.15, -0.1) is 5.48 Å². The van der Waals surface area contributed by atoms with Gasteiger partial charge in [-0.3, -0.25) is 5.32 Å². The molecule has 0 radical (unpaired) electrons. The monoisotopic (exact) mass is 443 g/mol. The van der Waals surface area contributed by atoms with Crippen LogP contribution in [0.15, 0.2) is 42.5 Å². The zero-order valence-electron chi connectivity index (χ0n) is 19.0. The number of nitrogens with one attached hydrogen (secondary N) is 2. The first kappa shape index (κ1) is 23.8. The van der Waals surface area contributed by atoms with E-state index in [1.807, 2.05) is 56.3 Å². The molecule has 2 aromatic rings. The van der Waals surface area contributed by atoms with E-state index in [1.165, 1.54) is 0 Å². The molecule has 174 valence electrons. The van der Waals surface area contributed by atoms with Crippen LogP contribution in [0, 0.1) is 13.8 Å². The topological polar surface area (TPSA) is 92.3 Å². The molecular formula is C24H33N3O5. The Morgan fingerprint density at radius 3 is 2.41 bits per heavy atom. The SMILES string of the molecule is COc1ccccc1OCC(O)CN1CCC(NOC(=O)Nc2c(C)cccc2C)CC1. The number of hydroxylamine groups is 1. The Hall–Kier alpha value is -2.81. The Kier molecular flexibility index (Phi) is 8.72. The number of hydrogen-bond donors (Lipinski definition) is 3. The minimum Gasteiger partial charge on any atom is -0.493 e. The molecule has 3 N–H and O–H groups in total. The highest BCUT2D eigenvalue weighted by Gasteiger charge is 2.22. The number of aliphatic hydroxyl groups is 1. The number of piperidine rings is 1. The Morgan fingerprint density at radius 2 is 1.75 bits per heavy atom. The van der Waals surface area contributed by atoms with Gasteiger partial charge in [-0.1, -0.05) is 30.3 Å². The Labute approximate surface area is 189 Å². The summed E-state index contributed by atoms with van der Waals surface area (Å²) in [5.74, 6) is 1.27. The van der Waals surface area contributed by atoms with Crippen molar-refractivity contribution in [3.05, 3.63) is 53.6 Å². The first-order valence-electron chi connectivity index (χ1n) is 10.9. The maximum atomic E-state index is 12.1. The van der Waals surface area contributed by atoms with Gasteiger partial charge < -0.3 is 24.3 Å². The third-order valence-electron chi connectivity index (χ3n) is 5.58. The Balaban J connectivity index is 1.34. The van der Waals surface area contributed by atoms with E-state index in [4.69, 9.17) is 14.3 Å². The lowest BCUT2D eigenvalue weighted by molar-refractivity contribution is 0.0334. The smallest absolute Gasteiger partial charge is 0.430 e. The fourth-order valence-electron chi connectivity index (χ4n) is 3.78. The largest absolute Gasteiger partial charge is 0.493 e. The van der Waals surface area contributed by atoms with E-state index in [0.717, 1.165) is 42.7 Å². The average Bonchev–Trinajstić information content (AvgIpc) is 2.80. The summed E-state index contributed by atoms with van der Waals surface area (Å²) >= 11 is 0. The fourth-order valence-corrected chi connectivity index (χ4v) is 3.78. The maximum Gasteiger partial charge on any atom is 0.430 e. The quantitative estimate of drug-likeness (QED) is 0.512. The first-order chi connectivity index (χ1) is 15.5. The molecule has 8 heteroatoms. The van der Waals surface area contributed by atoms with Crippen molar-refractivity contribution in [1.82, 2.24) is 10.4 Å². The number of nitrogens with zero attached hydrogens (tertiary/aromatic N) is 1. The number of ether oxygens (including phenoxy) is 2. The summed E-state index contributed by atoms with van der Waals surface area (Å²) < 4.78 is 11.0. The molecule has 1 saturated heterocycles. The molecule has 1 amide bonds. The second kappa shape index (κ2) is 11.7. The summed E-state index contributed by atoms with van der Waals surface area (Å²) in [5, 5.41) is 13.2. The number of amides is 1. The number of β-amino-alcohol motifs (C(OH)–C–C–N with tert-alkyl or cyclic N) is 1. The molecule has 0 bridgehead atoms. The van der Waals surface area contributed by atoms with Crippen molar-refractivity contribution in [2.75, 3.05) is 38.7 Å². The van der Waals surface area contributed by atoms with Crippen LogP contribution in [0.5, 0.6) is 11.5 Å². The lowest BCUT2D eigenvalue weighted by Crippen LogP contribution is -2.46. The zero-order chi connectivity index (χ0) is 22.9. The number of methoxy groups -OCH3 is 1. The van der Waals surface area contributed by atoms with Gasteiger partial charge in [0.25, 0.3) is 0 Å². The Bertz CT molecular complexity index is 863. The van der Waals surface area contributed by atoms with Crippen LogP contribution in [-0.4, -0.2) is 61.6 Å². The highest BCUT2D eigenvalue weighted by molar-refractivity contribution is 5.86. The van der Waals surface area contributed by atoms with Gasteiger partial charge in [0.1, 0.15) is 12.7 Å². The van der Waals surface area contributed by atoms with Crippen molar-refractivity contribution in [2.24, 2.45) is 0 Å². The molecule has 3 rings (SSSR count). The number of carbonyl (C=O) groups is 1. The van der Waals surface area contributed by atoms with E-state index in [9.17, 15) is 9.90 Å². The first-order valence-corrected chi connectivity index (χ1v) is 10.9. The van der Waals surface area contributed by atoms with Gasteiger partial charge in [-0.2, -0.15) is 0 Å². The van der Waals surface area contributed by atoms with Gasteiger partial charge in [0.2, 0.25) is 0 Å². The van der Waals surface area contributed by atoms with E-state index in [1.54, 1.807) is 7.11 Å². The molecule has 1 unspecified atom stereocenters. The zero-order valence-corrected chi connectivity index (χ0v) is 19.0. The molecule has 1 aliphatic heterocycles. The number of para-hydroxylation sites is 3. The molecule has 0 aliphatic carbocycles. The van der Waals surface area contributed by atoms with Crippen LogP contribution in [0.1, 0.15) is 24.0 Å². The number of benzene rings is 2. The van der Waals surface area contributed by atoms with Crippen LogP contribution in [0.4, 0.5) is 10.5 Å². The second-order valence-electron chi connectivity index (χ2n) is 8.09. The fraction of sp³-hybridized carbons (Fsp3) is 0.458. The van der Waals surface area contributed by atoms with E-state index in [-0.39, 0.29) is 12.6 Å². The minimum atomic E-state index is -0.608. The van der Waals surface area contributed by atoms with Gasteiger partial charge in [0.15, 0.2) is 11.5 Å². The number of carbonyl (C=O) groups excluding carboxylic acids is 1. The highest BCUT2D eigenvalue weighted by Crippen LogP contribution is 2.26. The number of anilines is 1. The summed E-state index contributed by atoms with van der Waals surface area (Å²) in [6.45, 7) is 6.20. The summed E-state index contributed by atoms with van der Waals surface area (Å²) in [7, 11) is 1.59. The van der Waals surface area contributed by atoms with Gasteiger partial charge in [-0.25, -0.2) is 4.79 Å². The van der Waals surface area contributed by atoms with Crippen molar-refractivity contribution < 1.29 is 24.2 Å². The van der Waals surface area contributed by atoms with Crippen LogP contribution >= 0.6 is 0 Å². The summed E-state index contributed by atoms with van der Waals surface area (Å²) in [6, 6.07) is 13.3. The van der Waals surface area contributed by atoms with Crippen LogP contribution < -0.4 is 20.3 Å². The predicted molar refractivity (Wildman–Crippen MR) is 123 cm³/mol. The summed E-state index contributed by atoms with van der Waals surface area (Å²) in [5.41, 5.74) is 5.63. The number of aryl methyl sites for hydroxylation is 2. The van der Waals surface area contributed by atoms with Gasteiger partial charge in [-0.05, 0) is 63.0 Å². The maximum absolute atomic E-state index is 12.1. The number of rotatable bonds is 9. The molecule has 2 aromatic carbocycles. The highest BCUT2D eigenvalue weighted by atomic mass is 16.7. The Morgan fingerprint density at radius 1 is 1.09 bits per heavy atom. The van der Waals surface area contributed by atoms with E-state index in [2.05, 4.69) is 15.7 Å². The van der Waals surface area contributed by atoms with Crippen LogP contribution in [0.3, 0.4) is 0 Å². The summed E-state index contributed by atoms with van der Waals surface area (Å²) in [6.07, 6.45) is 0.505. The predicted octanol–water partition coefficient (Wildman–Crippen LogP) is 3.27. The summed E-state index contributed by atoms with van der Waals surface area (Å²) in [4.78, 5) is 19.5. The van der Waals surface area contributed by atoms with Crippen LogP contribution in [0.2, 0.25) is 0 Å². The average molecular weight is 444 g/mol. The van der Waals surface area contributed by atoms with E-state index in [0.29, 0.717) is 18.0 Å². The van der Waals surface area contributed by atoms with Crippen molar-refractivity contribution in [3.63, 3.8) is 0 Å². The molecule has 0 saturated carbocycles. The third kappa shape index (κ3) is 6.85. The van der Waals surface area contributed by atoms with Gasteiger partial charge >= 0.3 is 6.09 Å². The van der Waals surface area contributed by atoms with Gasteiger partial charge in [0.05, 0.1) is 7.11 Å². The van der Waals surface area contributed by atoms with Crippen molar-refractivity contribution in [3.8, 4) is 11.5 Å². The standard InChI is InChI=1S/C24H33N3O5/c1-17-7-6-8-18(2)23(17)25-24(29)32-26-19-11-13-27(14-12-19)15-20(28)16-31-22-10-5-4-9-21(22)30-3/h4-10,19-20,26,28H,11-16H2,1-3H3,(H,25,29). The van der Waals surface area contributed by atoms with Crippen molar-refractivity contribution >= 4 is 11.8 Å². The van der Waals surface area contributed by atoms with Gasteiger partial charge in [0, 0.05) is 18.3 Å². The second-order valence-corrected chi connectivity index (χ2v) is 8.09. The molecule has 1 heterocycles. The van der Waals surface area contributed by atoms with Crippen LogP contribution in [-0.2, 0) is 4.84 Å². The van der Waals surface area contributed by atoms with Crippen molar-refractivity contribution in [1.29, 1.82) is 0 Å². The molecular weight excluding hydrogens is 410 g/mol. The minimum absolute atomic E-state index is 0.0805. The third-order valence-corrected chi connectivity index (χ3v) is 5.58. The molecule has 0 spiro atoms. The molecule has 0 aromatic heterocycles. The van der Waals surface area contributed by atoms with Crippen LogP contribution in [0.25, 0.3) is 0 Å². The molecule has 1 fully saturated rings. The van der Waals surface area contributed by atoms with E-state index >= 15 is 0 Å². The lowest BCUT2D eigenvalue weighted by Gasteiger charge is -2.32.